The van der Waals surface area contributed by atoms with Gasteiger partial charge in [0.15, 0.2) is 0 Å². The fourth-order valence-electron chi connectivity index (χ4n) is 3.12. The van der Waals surface area contributed by atoms with Crippen LogP contribution in [0, 0.1) is 0 Å². The van der Waals surface area contributed by atoms with E-state index in [4.69, 9.17) is 0 Å². The van der Waals surface area contributed by atoms with Crippen molar-refractivity contribution in [3.05, 3.63) is 94.5 Å². The van der Waals surface area contributed by atoms with Crippen LogP contribution in [0.4, 0.5) is 5.69 Å². The van der Waals surface area contributed by atoms with Crippen molar-refractivity contribution in [2.24, 2.45) is 0 Å². The monoisotopic (exact) mass is 501 g/mol. The first-order chi connectivity index (χ1) is 14.8. The van der Waals surface area contributed by atoms with E-state index in [0.717, 1.165) is 10.0 Å². The molecule has 2 N–H and O–H groups in total. The van der Waals surface area contributed by atoms with E-state index in [-0.39, 0.29) is 16.8 Å². The summed E-state index contributed by atoms with van der Waals surface area (Å²) in [7, 11) is 0.165. The first-order valence-corrected chi connectivity index (χ1v) is 11.9. The van der Waals surface area contributed by atoms with Gasteiger partial charge in [0.1, 0.15) is 0 Å². The van der Waals surface area contributed by atoms with Crippen molar-refractivity contribution < 1.29 is 13.2 Å². The lowest BCUT2D eigenvalue weighted by atomic mass is 10.1. The summed E-state index contributed by atoms with van der Waals surface area (Å²) in [6, 6.07) is 22.7. The van der Waals surface area contributed by atoms with Crippen LogP contribution >= 0.6 is 15.9 Å². The van der Waals surface area contributed by atoms with Gasteiger partial charge in [0, 0.05) is 22.3 Å². The van der Waals surface area contributed by atoms with Gasteiger partial charge in [0.2, 0.25) is 0 Å². The molecular formula is C23H24BrN3O3S. The number of sulfonamides is 1. The Morgan fingerprint density at radius 2 is 1.65 bits per heavy atom. The van der Waals surface area contributed by atoms with Gasteiger partial charge in [-0.2, -0.15) is 0 Å². The van der Waals surface area contributed by atoms with Crippen LogP contribution in [0.2, 0.25) is 0 Å². The van der Waals surface area contributed by atoms with Gasteiger partial charge >= 0.3 is 0 Å². The Morgan fingerprint density at radius 3 is 2.29 bits per heavy atom. The molecule has 3 aromatic rings. The molecule has 162 valence electrons. The number of nitrogens with one attached hydrogen (secondary N) is 2. The van der Waals surface area contributed by atoms with Gasteiger partial charge in [-0.05, 0) is 62.1 Å². The number of hydrogen-bond donors (Lipinski definition) is 2. The van der Waals surface area contributed by atoms with E-state index in [1.165, 1.54) is 18.2 Å². The Labute approximate surface area is 191 Å². The molecule has 0 heterocycles. The number of carbonyl (C=O) groups is 1. The van der Waals surface area contributed by atoms with Crippen LogP contribution in [0.3, 0.4) is 0 Å². The Kier molecular flexibility index (Phi) is 7.48. The van der Waals surface area contributed by atoms with Crippen molar-refractivity contribution in [3.63, 3.8) is 0 Å². The lowest BCUT2D eigenvalue weighted by Gasteiger charge is -2.25. The molecule has 0 aromatic heterocycles. The van der Waals surface area contributed by atoms with Crippen molar-refractivity contribution in [2.75, 3.05) is 25.4 Å². The molecule has 1 atom stereocenters. The third-order valence-electron chi connectivity index (χ3n) is 4.76. The molecule has 3 rings (SSSR count). The maximum absolute atomic E-state index is 12.7. The van der Waals surface area contributed by atoms with Gasteiger partial charge in [0.05, 0.1) is 10.9 Å². The normalized spacial score (nSPS) is 12.4. The highest BCUT2D eigenvalue weighted by Gasteiger charge is 2.17. The molecule has 0 aliphatic heterocycles. The summed E-state index contributed by atoms with van der Waals surface area (Å²) in [6.07, 6.45) is 0. The lowest BCUT2D eigenvalue weighted by molar-refractivity contribution is 0.0942. The second-order valence-corrected chi connectivity index (χ2v) is 9.84. The van der Waals surface area contributed by atoms with E-state index >= 15 is 0 Å². The molecule has 0 spiro atoms. The average Bonchev–Trinajstić information content (AvgIpc) is 2.74. The molecule has 8 heteroatoms. The minimum atomic E-state index is -3.75. The van der Waals surface area contributed by atoms with Crippen molar-refractivity contribution in [1.82, 2.24) is 10.2 Å². The first-order valence-electron chi connectivity index (χ1n) is 9.64. The molecule has 31 heavy (non-hydrogen) atoms. The topological polar surface area (TPSA) is 78.5 Å². The first kappa shape index (κ1) is 23.0. The van der Waals surface area contributed by atoms with Gasteiger partial charge in [-0.25, -0.2) is 8.42 Å². The highest BCUT2D eigenvalue weighted by molar-refractivity contribution is 9.10. The van der Waals surface area contributed by atoms with Crippen LogP contribution in [0.1, 0.15) is 22.0 Å². The highest BCUT2D eigenvalue weighted by Crippen LogP contribution is 2.20. The third-order valence-corrected chi connectivity index (χ3v) is 6.69. The Morgan fingerprint density at radius 1 is 0.968 bits per heavy atom. The summed E-state index contributed by atoms with van der Waals surface area (Å²) >= 11 is 3.29. The molecule has 0 unspecified atom stereocenters. The van der Waals surface area contributed by atoms with Crippen molar-refractivity contribution >= 4 is 37.5 Å². The molecule has 0 aliphatic carbocycles. The standard InChI is InChI=1S/C23H24BrN3O3S/c1-27(2)22(17-7-4-3-5-8-17)16-25-23(28)18-9-6-10-20(15-18)26-31(29,30)21-13-11-19(24)12-14-21/h3-15,22,26H,16H2,1-2H3,(H,25,28)/t22-/m1/s1. The fourth-order valence-corrected chi connectivity index (χ4v) is 4.43. The van der Waals surface area contributed by atoms with Crippen LogP contribution in [0.5, 0.6) is 0 Å². The predicted octanol–water partition coefficient (Wildman–Crippen LogP) is 4.28. The molecule has 3 aromatic carbocycles. The molecule has 1 amide bonds. The molecule has 0 radical (unpaired) electrons. The van der Waals surface area contributed by atoms with Crippen LogP contribution in [0.15, 0.2) is 88.2 Å². The largest absolute Gasteiger partial charge is 0.350 e. The number of rotatable bonds is 8. The molecule has 0 saturated heterocycles. The summed E-state index contributed by atoms with van der Waals surface area (Å²) in [5, 5.41) is 2.94. The van der Waals surface area contributed by atoms with Gasteiger partial charge in [0.25, 0.3) is 15.9 Å². The van der Waals surface area contributed by atoms with E-state index in [1.54, 1.807) is 30.3 Å². The van der Waals surface area contributed by atoms with Crippen LogP contribution in [0.25, 0.3) is 0 Å². The molecule has 6 nitrogen and oxygen atoms in total. The lowest BCUT2D eigenvalue weighted by Crippen LogP contribution is -2.34. The smallest absolute Gasteiger partial charge is 0.261 e. The Hall–Kier alpha value is -2.68. The van der Waals surface area contributed by atoms with Crippen molar-refractivity contribution in [3.8, 4) is 0 Å². The number of hydrogen-bond acceptors (Lipinski definition) is 4. The summed E-state index contributed by atoms with van der Waals surface area (Å²) in [4.78, 5) is 14.9. The third kappa shape index (κ3) is 6.16. The summed E-state index contributed by atoms with van der Waals surface area (Å²) < 4.78 is 28.5. The van der Waals surface area contributed by atoms with Gasteiger partial charge in [-0.15, -0.1) is 0 Å². The maximum atomic E-state index is 12.7. The second-order valence-electron chi connectivity index (χ2n) is 7.24. The summed E-state index contributed by atoms with van der Waals surface area (Å²) in [5.74, 6) is -0.271. The SMILES string of the molecule is CN(C)[C@H](CNC(=O)c1cccc(NS(=O)(=O)c2ccc(Br)cc2)c1)c1ccccc1. The number of benzene rings is 3. The molecule has 0 fully saturated rings. The molecule has 0 bridgehead atoms. The second kappa shape index (κ2) is 10.1. The Balaban J connectivity index is 1.70. The number of carbonyl (C=O) groups excluding carboxylic acids is 1. The van der Waals surface area contributed by atoms with Gasteiger partial charge in [-0.1, -0.05) is 52.3 Å². The van der Waals surface area contributed by atoms with Crippen LogP contribution in [-0.2, 0) is 10.0 Å². The van der Waals surface area contributed by atoms with E-state index in [1.807, 2.05) is 49.3 Å². The van der Waals surface area contributed by atoms with Crippen LogP contribution in [-0.4, -0.2) is 39.9 Å². The number of anilines is 1. The number of likely N-dealkylation sites (N-methyl/N-ethyl adjacent to an activating group) is 1. The van der Waals surface area contributed by atoms with E-state index in [9.17, 15) is 13.2 Å². The zero-order chi connectivity index (χ0) is 22.4. The molecule has 0 saturated carbocycles. The van der Waals surface area contributed by atoms with Crippen LogP contribution < -0.4 is 10.0 Å². The summed E-state index contributed by atoms with van der Waals surface area (Å²) in [6.45, 7) is 0.421. The van der Waals surface area contributed by atoms with Gasteiger partial charge < -0.3 is 10.2 Å². The minimum Gasteiger partial charge on any atom is -0.350 e. The summed E-state index contributed by atoms with van der Waals surface area (Å²) in [5.41, 5.74) is 1.80. The van der Waals surface area contributed by atoms with Crippen molar-refractivity contribution in [2.45, 2.75) is 10.9 Å². The highest BCUT2D eigenvalue weighted by atomic mass is 79.9. The zero-order valence-corrected chi connectivity index (χ0v) is 19.7. The van der Waals surface area contributed by atoms with Gasteiger partial charge in [-0.3, -0.25) is 9.52 Å². The number of amides is 1. The Bertz CT molecular complexity index is 1130. The maximum Gasteiger partial charge on any atom is 0.261 e. The fraction of sp³-hybridized carbons (Fsp3) is 0.174. The van der Waals surface area contributed by atoms with E-state index in [0.29, 0.717) is 17.8 Å². The molecule has 0 aliphatic rings. The van der Waals surface area contributed by atoms with E-state index < -0.39 is 10.0 Å². The van der Waals surface area contributed by atoms with E-state index in [2.05, 4.69) is 26.0 Å². The quantitative estimate of drug-likeness (QED) is 0.482. The minimum absolute atomic E-state index is 0.0178. The number of halogens is 1. The van der Waals surface area contributed by atoms with Crippen molar-refractivity contribution in [1.29, 1.82) is 0 Å². The predicted molar refractivity (Wildman–Crippen MR) is 127 cm³/mol. The average molecular weight is 502 g/mol. The number of nitrogens with zero attached hydrogens (tertiary/aromatic N) is 1. The molecular weight excluding hydrogens is 478 g/mol. The zero-order valence-electron chi connectivity index (χ0n) is 17.2.